The summed E-state index contributed by atoms with van der Waals surface area (Å²) < 4.78 is 0. The highest BCUT2D eigenvalue weighted by Gasteiger charge is 2.10. The minimum atomic E-state index is 0.348. The van der Waals surface area contributed by atoms with E-state index in [2.05, 4.69) is 53.4 Å². The fourth-order valence-electron chi connectivity index (χ4n) is 1.80. The summed E-state index contributed by atoms with van der Waals surface area (Å²) in [5.41, 5.74) is 1.31. The van der Waals surface area contributed by atoms with E-state index in [-0.39, 0.29) is 0 Å². The fraction of sp³-hybridized carbons (Fsp3) is 0.286. The number of benzene rings is 1. The van der Waals surface area contributed by atoms with Crippen molar-refractivity contribution in [2.45, 2.75) is 29.8 Å². The lowest BCUT2D eigenvalue weighted by Gasteiger charge is -2.16. The van der Waals surface area contributed by atoms with E-state index in [1.165, 1.54) is 10.5 Å². The third kappa shape index (κ3) is 3.31. The zero-order chi connectivity index (χ0) is 12.8. The number of nitrogens with zero attached hydrogens (tertiary/aromatic N) is 2. The molecule has 1 unspecified atom stereocenters. The maximum atomic E-state index is 4.25. The first-order chi connectivity index (χ1) is 8.81. The second-order valence-corrected chi connectivity index (χ2v) is 5.03. The molecule has 0 amide bonds. The molecule has 1 aromatic heterocycles. The van der Waals surface area contributed by atoms with Crippen molar-refractivity contribution in [2.24, 2.45) is 0 Å². The lowest BCUT2D eigenvalue weighted by atomic mass is 10.1. The van der Waals surface area contributed by atoms with E-state index in [1.807, 2.05) is 6.07 Å². The van der Waals surface area contributed by atoms with Crippen LogP contribution in [-0.2, 0) is 0 Å². The third-order valence-electron chi connectivity index (χ3n) is 2.67. The fourth-order valence-corrected chi connectivity index (χ4v) is 2.76. The van der Waals surface area contributed by atoms with Gasteiger partial charge in [-0.3, -0.25) is 0 Å². The summed E-state index contributed by atoms with van der Waals surface area (Å²) in [6, 6.07) is 10.7. The first kappa shape index (κ1) is 13.1. The van der Waals surface area contributed by atoms with Crippen molar-refractivity contribution in [3.8, 4) is 0 Å². The third-order valence-corrected chi connectivity index (χ3v) is 3.71. The van der Waals surface area contributed by atoms with Crippen LogP contribution in [0.4, 0.5) is 0 Å². The second-order valence-electron chi connectivity index (χ2n) is 3.97. The van der Waals surface area contributed by atoms with Crippen molar-refractivity contribution in [3.63, 3.8) is 0 Å². The molecule has 94 valence electrons. The van der Waals surface area contributed by atoms with Crippen LogP contribution in [0.25, 0.3) is 0 Å². The molecule has 0 fully saturated rings. The molecule has 3 nitrogen and oxygen atoms in total. The van der Waals surface area contributed by atoms with Crippen molar-refractivity contribution < 1.29 is 0 Å². The quantitative estimate of drug-likeness (QED) is 0.836. The van der Waals surface area contributed by atoms with Gasteiger partial charge in [-0.15, -0.1) is 0 Å². The molecule has 2 aromatic rings. The van der Waals surface area contributed by atoms with Crippen LogP contribution < -0.4 is 5.32 Å². The van der Waals surface area contributed by atoms with Crippen molar-refractivity contribution in [1.82, 2.24) is 15.3 Å². The number of nitrogens with one attached hydrogen (secondary N) is 1. The van der Waals surface area contributed by atoms with Crippen LogP contribution in [0.5, 0.6) is 0 Å². The highest BCUT2D eigenvalue weighted by Crippen LogP contribution is 2.31. The molecule has 0 aliphatic rings. The van der Waals surface area contributed by atoms with Gasteiger partial charge >= 0.3 is 0 Å². The van der Waals surface area contributed by atoms with Gasteiger partial charge in [-0.2, -0.15) is 0 Å². The predicted octanol–water partition coefficient (Wildman–Crippen LogP) is 3.30. The molecular weight excluding hydrogens is 242 g/mol. The molecule has 1 N–H and O–H groups in total. The zero-order valence-electron chi connectivity index (χ0n) is 10.6. The SMILES string of the molecule is CCNC(C)c1ccccc1Sc1ccncn1. The van der Waals surface area contributed by atoms with E-state index < -0.39 is 0 Å². The minimum absolute atomic E-state index is 0.348. The first-order valence-corrected chi connectivity index (χ1v) is 6.89. The minimum Gasteiger partial charge on any atom is -0.310 e. The summed E-state index contributed by atoms with van der Waals surface area (Å²) in [6.07, 6.45) is 3.35. The van der Waals surface area contributed by atoms with E-state index in [1.54, 1.807) is 24.3 Å². The smallest absolute Gasteiger partial charge is 0.116 e. The van der Waals surface area contributed by atoms with Gasteiger partial charge in [0.25, 0.3) is 0 Å². The van der Waals surface area contributed by atoms with Gasteiger partial charge in [0, 0.05) is 17.1 Å². The Morgan fingerprint density at radius 2 is 2.11 bits per heavy atom. The molecule has 2 rings (SSSR count). The average Bonchev–Trinajstić information content (AvgIpc) is 2.41. The molecule has 0 saturated carbocycles. The van der Waals surface area contributed by atoms with E-state index in [4.69, 9.17) is 0 Å². The highest BCUT2D eigenvalue weighted by atomic mass is 32.2. The van der Waals surface area contributed by atoms with Gasteiger partial charge in [-0.25, -0.2) is 9.97 Å². The van der Waals surface area contributed by atoms with Crippen molar-refractivity contribution in [3.05, 3.63) is 48.4 Å². The molecule has 1 heterocycles. The van der Waals surface area contributed by atoms with Crippen LogP contribution >= 0.6 is 11.8 Å². The number of hydrogen-bond donors (Lipinski definition) is 1. The van der Waals surface area contributed by atoms with Crippen LogP contribution in [0.2, 0.25) is 0 Å². The standard InChI is InChI=1S/C14H17N3S/c1-3-16-11(2)12-6-4-5-7-13(12)18-14-8-9-15-10-17-14/h4-11,16H,3H2,1-2H3. The molecule has 0 aliphatic heterocycles. The highest BCUT2D eigenvalue weighted by molar-refractivity contribution is 7.99. The first-order valence-electron chi connectivity index (χ1n) is 6.07. The summed E-state index contributed by atoms with van der Waals surface area (Å²) in [7, 11) is 0. The molecule has 0 aliphatic carbocycles. The lowest BCUT2D eigenvalue weighted by molar-refractivity contribution is 0.590. The Hall–Kier alpha value is -1.39. The Bertz CT molecular complexity index is 487. The van der Waals surface area contributed by atoms with Gasteiger partial charge in [-0.1, -0.05) is 36.9 Å². The normalized spacial score (nSPS) is 12.3. The molecule has 0 saturated heterocycles. The van der Waals surface area contributed by atoms with Gasteiger partial charge < -0.3 is 5.32 Å². The van der Waals surface area contributed by atoms with Crippen molar-refractivity contribution >= 4 is 11.8 Å². The molecule has 18 heavy (non-hydrogen) atoms. The zero-order valence-corrected chi connectivity index (χ0v) is 11.4. The van der Waals surface area contributed by atoms with E-state index in [0.717, 1.165) is 11.6 Å². The topological polar surface area (TPSA) is 37.8 Å². The largest absolute Gasteiger partial charge is 0.310 e. The summed E-state index contributed by atoms with van der Waals surface area (Å²) in [5, 5.41) is 4.42. The number of rotatable bonds is 5. The summed E-state index contributed by atoms with van der Waals surface area (Å²) >= 11 is 1.68. The van der Waals surface area contributed by atoms with Gasteiger partial charge in [0.15, 0.2) is 0 Å². The van der Waals surface area contributed by atoms with Crippen LogP contribution in [0.1, 0.15) is 25.5 Å². The summed E-state index contributed by atoms with van der Waals surface area (Å²) in [4.78, 5) is 9.43. The van der Waals surface area contributed by atoms with E-state index in [0.29, 0.717) is 6.04 Å². The van der Waals surface area contributed by atoms with Crippen LogP contribution in [0.3, 0.4) is 0 Å². The summed E-state index contributed by atoms with van der Waals surface area (Å²) in [6.45, 7) is 5.27. The maximum absolute atomic E-state index is 4.25. The second kappa shape index (κ2) is 6.52. The molecular formula is C14H17N3S. The Morgan fingerprint density at radius 1 is 1.28 bits per heavy atom. The molecule has 0 bridgehead atoms. The van der Waals surface area contributed by atoms with Crippen molar-refractivity contribution in [2.75, 3.05) is 6.54 Å². The number of aromatic nitrogens is 2. The van der Waals surface area contributed by atoms with Crippen LogP contribution in [0, 0.1) is 0 Å². The lowest BCUT2D eigenvalue weighted by Crippen LogP contribution is -2.18. The van der Waals surface area contributed by atoms with Crippen LogP contribution in [-0.4, -0.2) is 16.5 Å². The Balaban J connectivity index is 2.22. The van der Waals surface area contributed by atoms with Gasteiger partial charge in [0.05, 0.1) is 0 Å². The Morgan fingerprint density at radius 3 is 2.83 bits per heavy atom. The van der Waals surface area contributed by atoms with Crippen LogP contribution in [0.15, 0.2) is 52.8 Å². The molecule has 0 radical (unpaired) electrons. The number of hydrogen-bond acceptors (Lipinski definition) is 4. The monoisotopic (exact) mass is 259 g/mol. The van der Waals surface area contributed by atoms with E-state index >= 15 is 0 Å². The maximum Gasteiger partial charge on any atom is 0.116 e. The Labute approximate surface area is 112 Å². The molecule has 0 spiro atoms. The average molecular weight is 259 g/mol. The van der Waals surface area contributed by atoms with E-state index in [9.17, 15) is 0 Å². The van der Waals surface area contributed by atoms with Crippen molar-refractivity contribution in [1.29, 1.82) is 0 Å². The van der Waals surface area contributed by atoms with Gasteiger partial charge in [0.1, 0.15) is 11.4 Å². The Kier molecular flexibility index (Phi) is 4.73. The van der Waals surface area contributed by atoms with Gasteiger partial charge in [0.2, 0.25) is 0 Å². The molecule has 4 heteroatoms. The molecule has 1 aromatic carbocycles. The molecule has 1 atom stereocenters. The predicted molar refractivity (Wildman–Crippen MR) is 74.7 cm³/mol. The van der Waals surface area contributed by atoms with Gasteiger partial charge in [-0.05, 0) is 31.2 Å². The summed E-state index contributed by atoms with van der Waals surface area (Å²) in [5.74, 6) is 0.